The number of fused-ring (bicyclic) bond motifs is 1. The van der Waals surface area contributed by atoms with Crippen LogP contribution in [0.4, 0.5) is 10.5 Å². The van der Waals surface area contributed by atoms with E-state index in [-0.39, 0.29) is 23.8 Å². The smallest absolute Gasteiger partial charge is 0.329 e. The molecule has 0 aliphatic carbocycles. The maximum atomic E-state index is 13.1. The lowest BCUT2D eigenvalue weighted by Gasteiger charge is -2.11. The van der Waals surface area contributed by atoms with E-state index in [1.54, 1.807) is 18.2 Å². The summed E-state index contributed by atoms with van der Waals surface area (Å²) >= 11 is 3.39. The van der Waals surface area contributed by atoms with Crippen LogP contribution in [0.5, 0.6) is 0 Å². The summed E-state index contributed by atoms with van der Waals surface area (Å²) < 4.78 is 3.02. The fourth-order valence-corrected chi connectivity index (χ4v) is 4.65. The number of carbonyl (C=O) groups is 2. The maximum Gasteiger partial charge on any atom is 0.329 e. The van der Waals surface area contributed by atoms with Crippen LogP contribution in [0.25, 0.3) is 17.0 Å². The predicted octanol–water partition coefficient (Wildman–Crippen LogP) is 5.76. The first kappa shape index (κ1) is 23.5. The number of imide groups is 1. The minimum atomic E-state index is -0.457. The Morgan fingerprint density at radius 2 is 1.58 bits per heavy atom. The van der Waals surface area contributed by atoms with Gasteiger partial charge in [-0.3, -0.25) is 19.8 Å². The average Bonchev–Trinajstić information content (AvgIpc) is 3.29. The molecule has 1 fully saturated rings. The minimum absolute atomic E-state index is 0.0430. The molecule has 9 heteroatoms. The van der Waals surface area contributed by atoms with Gasteiger partial charge >= 0.3 is 6.03 Å². The Balaban J connectivity index is 1.48. The van der Waals surface area contributed by atoms with Crippen molar-refractivity contribution in [3.63, 3.8) is 0 Å². The molecule has 3 amide bonds. The second kappa shape index (κ2) is 9.43. The zero-order valence-electron chi connectivity index (χ0n) is 19.3. The highest BCUT2D eigenvalue weighted by Crippen LogP contribution is 2.30. The Morgan fingerprint density at radius 3 is 2.28 bits per heavy atom. The van der Waals surface area contributed by atoms with Gasteiger partial charge in [-0.05, 0) is 42.3 Å². The van der Waals surface area contributed by atoms with Crippen molar-refractivity contribution in [1.29, 1.82) is 0 Å². The minimum Gasteiger partial charge on any atom is -0.340 e. The number of aromatic nitrogens is 1. The van der Waals surface area contributed by atoms with Crippen LogP contribution in [0.15, 0.2) is 83.0 Å². The first-order valence-corrected chi connectivity index (χ1v) is 12.0. The van der Waals surface area contributed by atoms with Crippen LogP contribution in [-0.4, -0.2) is 26.3 Å². The highest BCUT2D eigenvalue weighted by Gasteiger charge is 2.34. The van der Waals surface area contributed by atoms with Crippen molar-refractivity contribution in [3.05, 3.63) is 115 Å². The molecule has 180 valence electrons. The van der Waals surface area contributed by atoms with Crippen molar-refractivity contribution in [2.75, 3.05) is 0 Å². The van der Waals surface area contributed by atoms with Gasteiger partial charge in [0.25, 0.3) is 11.6 Å². The molecule has 36 heavy (non-hydrogen) atoms. The van der Waals surface area contributed by atoms with E-state index in [9.17, 15) is 19.7 Å². The number of hydrogen-bond donors (Lipinski definition) is 1. The number of non-ortho nitro benzene ring substituents is 1. The van der Waals surface area contributed by atoms with Crippen LogP contribution in [-0.2, 0) is 17.9 Å². The molecule has 1 aliphatic rings. The molecule has 0 saturated carbocycles. The summed E-state index contributed by atoms with van der Waals surface area (Å²) in [5.74, 6) is -0.380. The molecule has 3 aromatic carbocycles. The Kier molecular flexibility index (Phi) is 6.15. The van der Waals surface area contributed by atoms with Gasteiger partial charge in [-0.1, -0.05) is 58.4 Å². The molecule has 0 unspecified atom stereocenters. The number of benzene rings is 3. The van der Waals surface area contributed by atoms with E-state index in [2.05, 4.69) is 25.8 Å². The predicted molar refractivity (Wildman–Crippen MR) is 140 cm³/mol. The lowest BCUT2D eigenvalue weighted by Crippen LogP contribution is -2.30. The molecule has 0 atom stereocenters. The van der Waals surface area contributed by atoms with Crippen molar-refractivity contribution in [2.45, 2.75) is 20.0 Å². The summed E-state index contributed by atoms with van der Waals surface area (Å²) in [6, 6.07) is 21.3. The molecule has 8 nitrogen and oxygen atoms in total. The number of urea groups is 1. The van der Waals surface area contributed by atoms with Crippen molar-refractivity contribution in [1.82, 2.24) is 14.8 Å². The van der Waals surface area contributed by atoms with Gasteiger partial charge in [0.1, 0.15) is 5.70 Å². The number of halogens is 1. The lowest BCUT2D eigenvalue weighted by molar-refractivity contribution is -0.384. The SMILES string of the molecule is Cc1c(/C=C2/NC(=O)N(Cc3ccc(Br)cc3)C2=O)c2ccccc2n1Cc1ccc([N+](=O)[O-])cc1. The van der Waals surface area contributed by atoms with E-state index in [1.165, 1.54) is 17.0 Å². The number of amides is 3. The molecule has 0 spiro atoms. The van der Waals surface area contributed by atoms with E-state index in [1.807, 2.05) is 55.5 Å². The molecule has 5 rings (SSSR count). The second-order valence-electron chi connectivity index (χ2n) is 8.53. The quantitative estimate of drug-likeness (QED) is 0.144. The van der Waals surface area contributed by atoms with Crippen molar-refractivity contribution in [2.24, 2.45) is 0 Å². The van der Waals surface area contributed by atoms with Crippen molar-refractivity contribution < 1.29 is 14.5 Å². The molecule has 4 aromatic rings. The molecule has 0 radical (unpaired) electrons. The average molecular weight is 545 g/mol. The van der Waals surface area contributed by atoms with Gasteiger partial charge in [0.05, 0.1) is 11.5 Å². The summed E-state index contributed by atoms with van der Waals surface area (Å²) in [4.78, 5) is 37.5. The van der Waals surface area contributed by atoms with E-state index >= 15 is 0 Å². The zero-order chi connectivity index (χ0) is 25.4. The van der Waals surface area contributed by atoms with Crippen LogP contribution in [0, 0.1) is 17.0 Å². The van der Waals surface area contributed by atoms with Crippen LogP contribution in [0.1, 0.15) is 22.4 Å². The fourth-order valence-electron chi connectivity index (χ4n) is 4.38. The monoisotopic (exact) mass is 544 g/mol. The van der Waals surface area contributed by atoms with Gasteiger partial charge in [0.2, 0.25) is 0 Å². The number of hydrogen-bond acceptors (Lipinski definition) is 4. The fraction of sp³-hybridized carbons (Fsp3) is 0.111. The van der Waals surface area contributed by atoms with Gasteiger partial charge in [0.15, 0.2) is 0 Å². The summed E-state index contributed by atoms with van der Waals surface area (Å²) in [6.07, 6.45) is 1.73. The molecule has 1 saturated heterocycles. The third-order valence-electron chi connectivity index (χ3n) is 6.27. The largest absolute Gasteiger partial charge is 0.340 e. The van der Waals surface area contributed by atoms with Gasteiger partial charge < -0.3 is 9.88 Å². The highest BCUT2D eigenvalue weighted by molar-refractivity contribution is 9.10. The maximum absolute atomic E-state index is 13.1. The second-order valence-corrected chi connectivity index (χ2v) is 9.45. The van der Waals surface area contributed by atoms with Crippen LogP contribution < -0.4 is 5.32 Å². The molecule has 1 aromatic heterocycles. The van der Waals surface area contributed by atoms with E-state index < -0.39 is 11.0 Å². The van der Waals surface area contributed by atoms with Crippen LogP contribution in [0.2, 0.25) is 0 Å². The van der Waals surface area contributed by atoms with E-state index in [0.717, 1.165) is 37.8 Å². The number of para-hydroxylation sites is 1. The summed E-state index contributed by atoms with van der Waals surface area (Å²) in [6.45, 7) is 2.64. The Labute approximate surface area is 215 Å². The number of nitro benzene ring substituents is 1. The number of carbonyl (C=O) groups excluding carboxylic acids is 2. The first-order chi connectivity index (χ1) is 17.3. The summed E-state index contributed by atoms with van der Waals surface area (Å²) in [5, 5.41) is 14.6. The normalized spacial score (nSPS) is 14.6. The number of nitro groups is 1. The van der Waals surface area contributed by atoms with Gasteiger partial charge in [0, 0.05) is 45.3 Å². The van der Waals surface area contributed by atoms with Gasteiger partial charge in [-0.15, -0.1) is 0 Å². The number of rotatable bonds is 6. The third kappa shape index (κ3) is 4.40. The summed E-state index contributed by atoms with van der Waals surface area (Å²) in [7, 11) is 0. The molecule has 0 bridgehead atoms. The van der Waals surface area contributed by atoms with E-state index in [4.69, 9.17) is 0 Å². The standard InChI is InChI=1S/C27H21BrN4O4/c1-17-23(14-24-26(33)31(27(34)29-24)16-18-6-10-20(28)11-7-18)22-4-2-3-5-25(22)30(17)15-19-8-12-21(13-9-19)32(35)36/h2-14H,15-16H2,1H3,(H,29,34)/b24-14+. The topological polar surface area (TPSA) is 97.5 Å². The molecule has 2 heterocycles. The van der Waals surface area contributed by atoms with Crippen LogP contribution >= 0.6 is 15.9 Å². The number of nitrogens with one attached hydrogen (secondary N) is 1. The first-order valence-electron chi connectivity index (χ1n) is 11.2. The number of nitrogens with zero attached hydrogens (tertiary/aromatic N) is 3. The van der Waals surface area contributed by atoms with Crippen molar-refractivity contribution >= 4 is 50.5 Å². The Bertz CT molecular complexity index is 1540. The van der Waals surface area contributed by atoms with E-state index in [0.29, 0.717) is 6.54 Å². The molecule has 1 aliphatic heterocycles. The van der Waals surface area contributed by atoms with Gasteiger partial charge in [-0.25, -0.2) is 4.79 Å². The third-order valence-corrected chi connectivity index (χ3v) is 6.80. The zero-order valence-corrected chi connectivity index (χ0v) is 20.9. The van der Waals surface area contributed by atoms with Crippen molar-refractivity contribution in [3.8, 4) is 0 Å². The van der Waals surface area contributed by atoms with Gasteiger partial charge in [-0.2, -0.15) is 0 Å². The molecular weight excluding hydrogens is 524 g/mol. The Morgan fingerprint density at radius 1 is 0.944 bits per heavy atom. The molecular formula is C27H21BrN4O4. The lowest BCUT2D eigenvalue weighted by atomic mass is 10.1. The van der Waals surface area contributed by atoms with Crippen LogP contribution in [0.3, 0.4) is 0 Å². The Hall–Kier alpha value is -4.24. The summed E-state index contributed by atoms with van der Waals surface area (Å²) in [5.41, 5.74) is 4.73. The highest BCUT2D eigenvalue weighted by atomic mass is 79.9. The molecule has 1 N–H and O–H groups in total.